The van der Waals surface area contributed by atoms with Gasteiger partial charge in [-0.1, -0.05) is 50.5 Å². The first-order chi connectivity index (χ1) is 12.3. The Hall–Kier alpha value is -2.30. The van der Waals surface area contributed by atoms with E-state index in [9.17, 15) is 0 Å². The first-order valence-electron chi connectivity index (χ1n) is 9.37. The molecule has 0 amide bonds. The molecule has 0 aliphatic heterocycles. The quantitative estimate of drug-likeness (QED) is 0.395. The molecule has 0 aliphatic rings. The smallest absolute Gasteiger partial charge is 0.191 e. The largest absolute Gasteiger partial charge is 0.357 e. The number of nitrogens with one attached hydrogen (secondary N) is 2. The van der Waals surface area contributed by atoms with Gasteiger partial charge in [-0.05, 0) is 24.5 Å². The molecule has 0 fully saturated rings. The van der Waals surface area contributed by atoms with E-state index in [1.807, 2.05) is 12.5 Å². The first-order valence-corrected chi connectivity index (χ1v) is 9.37. The summed E-state index contributed by atoms with van der Waals surface area (Å²) in [6.07, 6.45) is 10.7. The zero-order valence-electron chi connectivity index (χ0n) is 15.5. The van der Waals surface area contributed by atoms with Crippen molar-refractivity contribution in [2.24, 2.45) is 4.99 Å². The summed E-state index contributed by atoms with van der Waals surface area (Å²) in [6, 6.07) is 8.63. The number of nitrogens with zero attached hydrogens (tertiary/aromatic N) is 3. The Kier molecular flexibility index (Phi) is 8.59. The molecule has 0 unspecified atom stereocenters. The highest BCUT2D eigenvalue weighted by Crippen LogP contribution is 2.07. The summed E-state index contributed by atoms with van der Waals surface area (Å²) in [4.78, 5) is 8.76. The van der Waals surface area contributed by atoms with Crippen molar-refractivity contribution in [3.8, 4) is 0 Å². The van der Waals surface area contributed by atoms with Crippen LogP contribution < -0.4 is 10.6 Å². The van der Waals surface area contributed by atoms with Gasteiger partial charge in [-0.2, -0.15) is 0 Å². The zero-order valence-corrected chi connectivity index (χ0v) is 15.5. The van der Waals surface area contributed by atoms with Gasteiger partial charge in [0.1, 0.15) is 0 Å². The molecule has 0 radical (unpaired) electrons. The van der Waals surface area contributed by atoms with Crippen molar-refractivity contribution >= 4 is 5.96 Å². The molecular weight excluding hydrogens is 310 g/mol. The van der Waals surface area contributed by atoms with E-state index in [0.717, 1.165) is 25.6 Å². The lowest BCUT2D eigenvalue weighted by molar-refractivity contribution is 0.647. The van der Waals surface area contributed by atoms with Crippen LogP contribution in [0.2, 0.25) is 0 Å². The highest BCUT2D eigenvalue weighted by atomic mass is 15.2. The lowest BCUT2D eigenvalue weighted by Gasteiger charge is -2.11. The summed E-state index contributed by atoms with van der Waals surface area (Å²) in [6.45, 7) is 7.74. The number of guanidine groups is 1. The molecule has 0 spiro atoms. The van der Waals surface area contributed by atoms with Gasteiger partial charge in [0.2, 0.25) is 0 Å². The van der Waals surface area contributed by atoms with E-state index >= 15 is 0 Å². The standard InChI is InChI=1S/C20H31N5/c1-3-5-6-7-12-23-20(22-4-2)24-15-18-8-10-19(11-9-18)16-25-14-13-21-17-25/h8-11,13-14,17H,3-7,12,15-16H2,1-2H3,(H2,22,23,24). The van der Waals surface area contributed by atoms with Crippen LogP contribution in [0.5, 0.6) is 0 Å². The molecule has 5 nitrogen and oxygen atoms in total. The second kappa shape index (κ2) is 11.3. The zero-order chi connectivity index (χ0) is 17.7. The summed E-state index contributed by atoms with van der Waals surface area (Å²) in [5, 5.41) is 6.73. The van der Waals surface area contributed by atoms with E-state index in [1.54, 1.807) is 6.20 Å². The Morgan fingerprint density at radius 2 is 1.84 bits per heavy atom. The monoisotopic (exact) mass is 341 g/mol. The molecule has 2 aromatic rings. The van der Waals surface area contributed by atoms with Gasteiger partial charge in [-0.15, -0.1) is 0 Å². The summed E-state index contributed by atoms with van der Waals surface area (Å²) < 4.78 is 2.07. The number of unbranched alkanes of at least 4 members (excludes halogenated alkanes) is 3. The highest BCUT2D eigenvalue weighted by Gasteiger charge is 1.99. The Labute approximate surface area is 151 Å². The molecule has 136 valence electrons. The molecule has 5 heteroatoms. The molecular formula is C20H31N5. The maximum atomic E-state index is 4.69. The van der Waals surface area contributed by atoms with Crippen LogP contribution in [-0.2, 0) is 13.1 Å². The van der Waals surface area contributed by atoms with Gasteiger partial charge in [-0.25, -0.2) is 9.98 Å². The predicted octanol–water partition coefficient (Wildman–Crippen LogP) is 3.57. The summed E-state index contributed by atoms with van der Waals surface area (Å²) >= 11 is 0. The second-order valence-electron chi connectivity index (χ2n) is 6.23. The molecule has 1 heterocycles. The molecule has 0 bridgehead atoms. The van der Waals surface area contributed by atoms with Crippen LogP contribution in [0.3, 0.4) is 0 Å². The van der Waals surface area contributed by atoms with Crippen molar-refractivity contribution in [1.29, 1.82) is 0 Å². The predicted molar refractivity (Wildman–Crippen MR) is 105 cm³/mol. The van der Waals surface area contributed by atoms with Crippen molar-refractivity contribution in [2.45, 2.75) is 52.6 Å². The molecule has 2 N–H and O–H groups in total. The molecule has 0 atom stereocenters. The van der Waals surface area contributed by atoms with Crippen molar-refractivity contribution in [3.63, 3.8) is 0 Å². The van der Waals surface area contributed by atoms with E-state index in [0.29, 0.717) is 6.54 Å². The van der Waals surface area contributed by atoms with Crippen molar-refractivity contribution in [2.75, 3.05) is 13.1 Å². The minimum absolute atomic E-state index is 0.690. The van der Waals surface area contributed by atoms with E-state index < -0.39 is 0 Å². The molecule has 0 aliphatic carbocycles. The third kappa shape index (κ3) is 7.42. The number of hydrogen-bond donors (Lipinski definition) is 2. The lowest BCUT2D eigenvalue weighted by atomic mass is 10.1. The second-order valence-corrected chi connectivity index (χ2v) is 6.23. The van der Waals surface area contributed by atoms with Gasteiger partial charge in [-0.3, -0.25) is 0 Å². The fraction of sp³-hybridized carbons (Fsp3) is 0.500. The van der Waals surface area contributed by atoms with Gasteiger partial charge in [0.15, 0.2) is 5.96 Å². The van der Waals surface area contributed by atoms with Gasteiger partial charge < -0.3 is 15.2 Å². The Bertz CT molecular complexity index is 602. The number of hydrogen-bond acceptors (Lipinski definition) is 2. The number of aromatic nitrogens is 2. The van der Waals surface area contributed by atoms with Crippen molar-refractivity contribution < 1.29 is 0 Å². The van der Waals surface area contributed by atoms with E-state index in [-0.39, 0.29) is 0 Å². The third-order valence-electron chi connectivity index (χ3n) is 4.03. The van der Waals surface area contributed by atoms with Crippen LogP contribution >= 0.6 is 0 Å². The summed E-state index contributed by atoms with van der Waals surface area (Å²) in [5.74, 6) is 0.904. The summed E-state index contributed by atoms with van der Waals surface area (Å²) in [5.41, 5.74) is 2.49. The fourth-order valence-corrected chi connectivity index (χ4v) is 2.61. The Morgan fingerprint density at radius 3 is 2.52 bits per heavy atom. The average Bonchev–Trinajstić information content (AvgIpc) is 3.13. The third-order valence-corrected chi connectivity index (χ3v) is 4.03. The van der Waals surface area contributed by atoms with Crippen LogP contribution in [-0.4, -0.2) is 28.6 Å². The molecule has 0 saturated heterocycles. The van der Waals surface area contributed by atoms with Crippen LogP contribution in [0.1, 0.15) is 50.7 Å². The topological polar surface area (TPSA) is 54.2 Å². The highest BCUT2D eigenvalue weighted by molar-refractivity contribution is 5.79. The molecule has 2 rings (SSSR count). The van der Waals surface area contributed by atoms with Gasteiger partial charge in [0.05, 0.1) is 12.9 Å². The number of benzene rings is 1. The molecule has 25 heavy (non-hydrogen) atoms. The maximum absolute atomic E-state index is 4.69. The number of imidazole rings is 1. The van der Waals surface area contributed by atoms with E-state index in [4.69, 9.17) is 0 Å². The van der Waals surface area contributed by atoms with Crippen molar-refractivity contribution in [3.05, 3.63) is 54.1 Å². The van der Waals surface area contributed by atoms with E-state index in [2.05, 4.69) is 63.3 Å². The normalized spacial score (nSPS) is 11.5. The van der Waals surface area contributed by atoms with Crippen LogP contribution in [0, 0.1) is 0 Å². The first kappa shape index (κ1) is 19.0. The Morgan fingerprint density at radius 1 is 1.04 bits per heavy atom. The Balaban J connectivity index is 1.82. The van der Waals surface area contributed by atoms with Crippen LogP contribution in [0.4, 0.5) is 0 Å². The summed E-state index contributed by atoms with van der Waals surface area (Å²) in [7, 11) is 0. The minimum Gasteiger partial charge on any atom is -0.357 e. The molecule has 1 aromatic carbocycles. The molecule has 1 aromatic heterocycles. The van der Waals surface area contributed by atoms with Gasteiger partial charge in [0.25, 0.3) is 0 Å². The van der Waals surface area contributed by atoms with Crippen LogP contribution in [0.25, 0.3) is 0 Å². The van der Waals surface area contributed by atoms with Crippen molar-refractivity contribution in [1.82, 2.24) is 20.2 Å². The average molecular weight is 342 g/mol. The lowest BCUT2D eigenvalue weighted by Crippen LogP contribution is -2.37. The number of rotatable bonds is 10. The maximum Gasteiger partial charge on any atom is 0.191 e. The van der Waals surface area contributed by atoms with Crippen LogP contribution in [0.15, 0.2) is 48.0 Å². The fourth-order valence-electron chi connectivity index (χ4n) is 2.61. The minimum atomic E-state index is 0.690. The van der Waals surface area contributed by atoms with Gasteiger partial charge >= 0.3 is 0 Å². The van der Waals surface area contributed by atoms with E-state index in [1.165, 1.54) is 36.8 Å². The number of aliphatic imine (C=N–C) groups is 1. The van der Waals surface area contributed by atoms with Gasteiger partial charge in [0, 0.05) is 32.0 Å². The SMILES string of the molecule is CCCCCCNC(=NCc1ccc(Cn2ccnc2)cc1)NCC. The molecule has 0 saturated carbocycles.